The summed E-state index contributed by atoms with van der Waals surface area (Å²) in [6, 6.07) is 26.3. The molecule has 0 radical (unpaired) electrons. The van der Waals surface area contributed by atoms with Crippen molar-refractivity contribution in [1.29, 1.82) is 0 Å². The summed E-state index contributed by atoms with van der Waals surface area (Å²) < 4.78 is 0. The molecule has 0 amide bonds. The number of aryl methyl sites for hydroxylation is 1. The van der Waals surface area contributed by atoms with Crippen molar-refractivity contribution in [3.8, 4) is 0 Å². The first-order valence-corrected chi connectivity index (χ1v) is 15.8. The molecule has 1 unspecified atom stereocenters. The number of fused-ring (bicyclic) bond motifs is 1. The molecule has 0 aliphatic heterocycles. The molecule has 0 saturated heterocycles. The maximum Gasteiger partial charge on any atom is 1.00 e. The molecule has 43 heavy (non-hydrogen) atoms. The Morgan fingerprint density at radius 3 is 2.49 bits per heavy atom. The number of carboxylic acid groups (broad SMARTS) is 1. The Kier molecular flexibility index (Phi) is 12.9. The van der Waals surface area contributed by atoms with E-state index in [4.69, 9.17) is 16.6 Å². The summed E-state index contributed by atoms with van der Waals surface area (Å²) in [6.07, 6.45) is 6.52. The fourth-order valence-electron chi connectivity index (χ4n) is 5.14. The largest absolute Gasteiger partial charge is 1.00 e. The van der Waals surface area contributed by atoms with Crippen molar-refractivity contribution >= 4 is 52.4 Å². The molecule has 7 heteroatoms. The van der Waals surface area contributed by atoms with E-state index >= 15 is 0 Å². The van der Waals surface area contributed by atoms with Crippen LogP contribution < -0.4 is 34.7 Å². The Hall–Kier alpha value is -2.12. The van der Waals surface area contributed by atoms with Gasteiger partial charge in [-0.05, 0) is 97.2 Å². The third-order valence-corrected chi connectivity index (χ3v) is 9.82. The second kappa shape index (κ2) is 15.7. The van der Waals surface area contributed by atoms with Gasteiger partial charge in [0, 0.05) is 21.6 Å². The summed E-state index contributed by atoms with van der Waals surface area (Å²) >= 11 is 7.97. The summed E-state index contributed by atoms with van der Waals surface area (Å²) in [6.45, 7) is 7.70. The maximum absolute atomic E-state index is 11.5. The predicted octanol–water partition coefficient (Wildman–Crippen LogP) is 5.25. The van der Waals surface area contributed by atoms with Gasteiger partial charge in [0.25, 0.3) is 0 Å². The van der Waals surface area contributed by atoms with Crippen molar-refractivity contribution in [2.45, 2.75) is 64.2 Å². The van der Waals surface area contributed by atoms with Gasteiger partial charge >= 0.3 is 29.6 Å². The van der Waals surface area contributed by atoms with Gasteiger partial charge in [0.1, 0.15) is 0 Å². The third kappa shape index (κ3) is 10.2. The van der Waals surface area contributed by atoms with E-state index in [1.165, 1.54) is 5.56 Å². The normalized spacial score (nSPS) is 13.9. The van der Waals surface area contributed by atoms with Crippen molar-refractivity contribution in [2.75, 3.05) is 5.75 Å². The van der Waals surface area contributed by atoms with Crippen molar-refractivity contribution in [2.24, 2.45) is 5.41 Å². The standard InChI is InChI=1S/C36H40ClNO3S.Na/c1-5-36(4,23-34(39)40)24-42-33(20-16-26-10-6-7-12-31(26)35(2,3)41)28-11-8-9-25(21-28)13-18-30-19-15-27-14-17-29(37)22-32(27)38-30;/h6-15,17-19,21-22,33,41H,5,16,20,23-24H2,1-4H3,(H,39,40);/q;+1/p-1/b18-13+;/t33-,36?;/m1./s1. The first kappa shape index (κ1) is 35.4. The van der Waals surface area contributed by atoms with Gasteiger partial charge in [0.15, 0.2) is 0 Å². The summed E-state index contributed by atoms with van der Waals surface area (Å²) in [5.41, 5.74) is 4.74. The Bertz CT molecular complexity index is 1570. The van der Waals surface area contributed by atoms with Crippen LogP contribution in [0.5, 0.6) is 0 Å². The zero-order chi connectivity index (χ0) is 30.3. The first-order valence-electron chi connectivity index (χ1n) is 14.4. The summed E-state index contributed by atoms with van der Waals surface area (Å²) in [5.74, 6) is -0.300. The molecular weight excluding hydrogens is 585 g/mol. The third-order valence-electron chi connectivity index (χ3n) is 7.81. The zero-order valence-electron chi connectivity index (χ0n) is 25.8. The Labute approximate surface area is 287 Å². The second-order valence-corrected chi connectivity index (χ2v) is 13.5. The molecule has 0 fully saturated rings. The van der Waals surface area contributed by atoms with Gasteiger partial charge in [0.2, 0.25) is 0 Å². The predicted molar refractivity (Wildman–Crippen MR) is 175 cm³/mol. The molecule has 1 aromatic heterocycles. The van der Waals surface area contributed by atoms with Crippen LogP contribution >= 0.6 is 23.4 Å². The van der Waals surface area contributed by atoms with Crippen molar-refractivity contribution in [1.82, 2.24) is 4.98 Å². The van der Waals surface area contributed by atoms with Gasteiger partial charge in [-0.2, -0.15) is 11.8 Å². The molecular formula is C36H39ClNNaO3S. The van der Waals surface area contributed by atoms with E-state index in [9.17, 15) is 15.0 Å². The van der Waals surface area contributed by atoms with Crippen molar-refractivity contribution in [3.05, 3.63) is 112 Å². The minimum Gasteiger partial charge on any atom is -0.550 e. The summed E-state index contributed by atoms with van der Waals surface area (Å²) in [4.78, 5) is 16.2. The number of carbonyl (C=O) groups is 1. The van der Waals surface area contributed by atoms with Crippen LogP contribution in [0.1, 0.15) is 80.2 Å². The van der Waals surface area contributed by atoms with Gasteiger partial charge in [0.05, 0.1) is 16.8 Å². The SMILES string of the molecule is CCC(C)(CS[C@H](CCc1ccccc1C(C)(C)O)c1cccc(/C=C/c2ccc3ccc(Cl)cc3n2)c1)CC(=O)[O-].[Na+]. The van der Waals surface area contributed by atoms with Crippen LogP contribution in [0.2, 0.25) is 5.02 Å². The van der Waals surface area contributed by atoms with Crippen LogP contribution in [0.15, 0.2) is 78.9 Å². The van der Waals surface area contributed by atoms with Crippen LogP contribution in [0.25, 0.3) is 23.1 Å². The monoisotopic (exact) mass is 623 g/mol. The number of aliphatic hydroxyl groups is 1. The number of pyridine rings is 1. The Morgan fingerprint density at radius 2 is 1.77 bits per heavy atom. The fraction of sp³-hybridized carbons (Fsp3) is 0.333. The minimum atomic E-state index is -1.01. The molecule has 0 bridgehead atoms. The fourth-order valence-corrected chi connectivity index (χ4v) is 6.84. The molecule has 0 aliphatic carbocycles. The van der Waals surface area contributed by atoms with Gasteiger partial charge < -0.3 is 15.0 Å². The van der Waals surface area contributed by atoms with Gasteiger partial charge in [-0.3, -0.25) is 0 Å². The molecule has 1 N–H and O–H groups in total. The van der Waals surface area contributed by atoms with E-state index in [0.717, 1.165) is 52.5 Å². The Balaban J connectivity index is 0.00000506. The number of rotatable bonds is 13. The number of benzene rings is 3. The topological polar surface area (TPSA) is 73.2 Å². The molecule has 3 aromatic carbocycles. The molecule has 0 saturated carbocycles. The number of hydrogen-bond donors (Lipinski definition) is 1. The number of halogens is 1. The molecule has 4 aromatic rings. The van der Waals surface area contributed by atoms with E-state index in [-0.39, 0.29) is 46.6 Å². The smallest absolute Gasteiger partial charge is 0.550 e. The van der Waals surface area contributed by atoms with Crippen LogP contribution in [0.4, 0.5) is 0 Å². The van der Waals surface area contributed by atoms with Gasteiger partial charge in [-0.15, -0.1) is 0 Å². The summed E-state index contributed by atoms with van der Waals surface area (Å²) in [5, 5.41) is 24.1. The van der Waals surface area contributed by atoms with E-state index in [0.29, 0.717) is 10.8 Å². The number of carbonyl (C=O) groups excluding carboxylic acids is 1. The molecule has 2 atom stereocenters. The molecule has 4 nitrogen and oxygen atoms in total. The van der Waals surface area contributed by atoms with Gasteiger partial charge in [-0.1, -0.05) is 92.2 Å². The molecule has 4 rings (SSSR count). The molecule has 0 aliphatic rings. The molecule has 220 valence electrons. The van der Waals surface area contributed by atoms with Crippen LogP contribution in [0.3, 0.4) is 0 Å². The van der Waals surface area contributed by atoms with Crippen molar-refractivity contribution in [3.63, 3.8) is 0 Å². The minimum absolute atomic E-state index is 0. The second-order valence-electron chi connectivity index (χ2n) is 11.8. The first-order chi connectivity index (χ1) is 20.0. The summed E-state index contributed by atoms with van der Waals surface area (Å²) in [7, 11) is 0. The number of hydrogen-bond acceptors (Lipinski definition) is 5. The number of thioether (sulfide) groups is 1. The quantitative estimate of drug-likeness (QED) is 0.206. The van der Waals surface area contributed by atoms with Crippen LogP contribution in [-0.2, 0) is 16.8 Å². The number of carboxylic acids is 1. The van der Waals surface area contributed by atoms with Gasteiger partial charge in [-0.25, -0.2) is 4.98 Å². The average Bonchev–Trinajstić information content (AvgIpc) is 2.95. The average molecular weight is 624 g/mol. The van der Waals surface area contributed by atoms with E-state index < -0.39 is 11.6 Å². The van der Waals surface area contributed by atoms with Crippen LogP contribution in [-0.4, -0.2) is 21.8 Å². The number of nitrogens with zero attached hydrogens (tertiary/aromatic N) is 1. The number of aliphatic carboxylic acids is 1. The van der Waals surface area contributed by atoms with Crippen molar-refractivity contribution < 1.29 is 44.6 Å². The maximum atomic E-state index is 11.5. The molecule has 1 heterocycles. The van der Waals surface area contributed by atoms with E-state index in [1.54, 1.807) is 11.8 Å². The zero-order valence-corrected chi connectivity index (χ0v) is 29.3. The number of aromatic nitrogens is 1. The van der Waals surface area contributed by atoms with E-state index in [1.807, 2.05) is 82.3 Å². The Morgan fingerprint density at radius 1 is 1.02 bits per heavy atom. The van der Waals surface area contributed by atoms with E-state index in [2.05, 4.69) is 36.4 Å². The van der Waals surface area contributed by atoms with Crippen LogP contribution in [0, 0.1) is 5.41 Å². The molecule has 0 spiro atoms.